The minimum atomic E-state index is -0.380. The maximum Gasteiger partial charge on any atom is 0.339 e. The fraction of sp³-hybridized carbons (Fsp3) is 0.129. The number of para-hydroxylation sites is 1. The van der Waals surface area contributed by atoms with Gasteiger partial charge in [-0.05, 0) is 61.4 Å². The predicted octanol–water partition coefficient (Wildman–Crippen LogP) is 6.93. The van der Waals surface area contributed by atoms with Crippen LogP contribution in [-0.2, 0) is 11.3 Å². The molecule has 2 heterocycles. The van der Waals surface area contributed by atoms with Crippen LogP contribution in [0.15, 0.2) is 91.0 Å². The Balaban J connectivity index is 1.45. The quantitative estimate of drug-likeness (QED) is 0.221. The third-order valence-electron chi connectivity index (χ3n) is 5.96. The number of hydrogen-bond donors (Lipinski definition) is 0. The van der Waals surface area contributed by atoms with Crippen molar-refractivity contribution >= 4 is 29.2 Å². The van der Waals surface area contributed by atoms with Crippen LogP contribution in [0.3, 0.4) is 0 Å². The van der Waals surface area contributed by atoms with Crippen LogP contribution < -0.4 is 4.74 Å². The van der Waals surface area contributed by atoms with Gasteiger partial charge in [-0.1, -0.05) is 66.7 Å². The number of nitrogens with zero attached hydrogens (tertiary/aromatic N) is 3. The Bertz CT molecular complexity index is 1540. The number of aryl methyl sites for hydroxylation is 1. The highest BCUT2D eigenvalue weighted by atomic mass is 16.5. The molecule has 3 aromatic carbocycles. The number of ether oxygens (including phenoxy) is 2. The molecular weight excluding hydrogens is 462 g/mol. The Labute approximate surface area is 215 Å². The second-order valence-electron chi connectivity index (χ2n) is 8.56. The molecule has 5 aromatic rings. The molecule has 0 aliphatic rings. The number of carbonyl (C=O) groups is 1. The SMILES string of the molecule is CCOC(=O)c1cc(C=Cc2ccccc2)nc2nn(Cc3ccc(Oc4ccccc4)cc3)c(C)c12. The first-order valence-electron chi connectivity index (χ1n) is 12.2. The normalized spacial score (nSPS) is 11.2. The number of esters is 1. The van der Waals surface area contributed by atoms with Gasteiger partial charge in [0.2, 0.25) is 0 Å². The molecule has 0 saturated heterocycles. The molecular formula is C31H27N3O3. The number of carbonyl (C=O) groups excluding carboxylic acids is 1. The Morgan fingerprint density at radius 3 is 2.27 bits per heavy atom. The molecule has 0 saturated carbocycles. The van der Waals surface area contributed by atoms with Crippen molar-refractivity contribution in [3.8, 4) is 11.5 Å². The molecule has 0 aliphatic heterocycles. The first-order chi connectivity index (χ1) is 18.1. The summed E-state index contributed by atoms with van der Waals surface area (Å²) in [6.45, 7) is 4.58. The summed E-state index contributed by atoms with van der Waals surface area (Å²) in [6, 6.07) is 29.3. The Kier molecular flexibility index (Phi) is 7.08. The van der Waals surface area contributed by atoms with Crippen molar-refractivity contribution in [2.45, 2.75) is 20.4 Å². The zero-order chi connectivity index (χ0) is 25.6. The molecule has 0 N–H and O–H groups in total. The van der Waals surface area contributed by atoms with E-state index in [0.29, 0.717) is 35.4 Å². The van der Waals surface area contributed by atoms with Crippen LogP contribution in [0, 0.1) is 6.92 Å². The van der Waals surface area contributed by atoms with Gasteiger partial charge in [0.15, 0.2) is 5.65 Å². The van der Waals surface area contributed by atoms with Crippen LogP contribution in [-0.4, -0.2) is 27.3 Å². The zero-order valence-electron chi connectivity index (χ0n) is 20.8. The van der Waals surface area contributed by atoms with Crippen LogP contribution in [0.5, 0.6) is 11.5 Å². The van der Waals surface area contributed by atoms with E-state index in [0.717, 1.165) is 28.3 Å². The Morgan fingerprint density at radius 2 is 1.57 bits per heavy atom. The number of pyridine rings is 1. The van der Waals surface area contributed by atoms with Crippen LogP contribution in [0.25, 0.3) is 23.2 Å². The van der Waals surface area contributed by atoms with E-state index in [2.05, 4.69) is 0 Å². The lowest BCUT2D eigenvalue weighted by atomic mass is 10.1. The maximum atomic E-state index is 12.9. The standard InChI is InChI=1S/C31H27N3O3/c1-3-36-31(35)28-20-25(17-14-23-10-6-4-7-11-23)32-30-29(28)22(2)34(33-30)21-24-15-18-27(19-16-24)37-26-12-8-5-9-13-26/h4-20H,3,21H2,1-2H3. The zero-order valence-corrected chi connectivity index (χ0v) is 20.8. The molecule has 0 unspecified atom stereocenters. The molecule has 0 bridgehead atoms. The lowest BCUT2D eigenvalue weighted by molar-refractivity contribution is 0.0528. The van der Waals surface area contributed by atoms with Crippen molar-refractivity contribution in [2.24, 2.45) is 0 Å². The fourth-order valence-corrected chi connectivity index (χ4v) is 4.11. The average Bonchev–Trinajstić information content (AvgIpc) is 3.24. The third kappa shape index (κ3) is 5.59. The molecule has 6 heteroatoms. The number of hydrogen-bond acceptors (Lipinski definition) is 5. The molecule has 5 rings (SSSR count). The molecule has 0 radical (unpaired) electrons. The summed E-state index contributed by atoms with van der Waals surface area (Å²) in [6.07, 6.45) is 3.85. The van der Waals surface area contributed by atoms with Crippen molar-refractivity contribution < 1.29 is 14.3 Å². The molecule has 37 heavy (non-hydrogen) atoms. The van der Waals surface area contributed by atoms with E-state index in [9.17, 15) is 4.79 Å². The highest BCUT2D eigenvalue weighted by molar-refractivity contribution is 6.04. The van der Waals surface area contributed by atoms with E-state index in [1.807, 2.05) is 109 Å². The molecule has 0 aliphatic carbocycles. The number of aromatic nitrogens is 3. The average molecular weight is 490 g/mol. The van der Waals surface area contributed by atoms with Crippen LogP contribution in [0.4, 0.5) is 0 Å². The fourth-order valence-electron chi connectivity index (χ4n) is 4.11. The van der Waals surface area contributed by atoms with Crippen molar-refractivity contribution in [2.75, 3.05) is 6.61 Å². The second kappa shape index (κ2) is 10.9. The summed E-state index contributed by atoms with van der Waals surface area (Å²) in [5.41, 5.74) is 4.58. The van der Waals surface area contributed by atoms with Gasteiger partial charge in [-0.3, -0.25) is 4.68 Å². The smallest absolute Gasteiger partial charge is 0.339 e. The van der Waals surface area contributed by atoms with E-state index < -0.39 is 0 Å². The molecule has 6 nitrogen and oxygen atoms in total. The molecule has 184 valence electrons. The van der Waals surface area contributed by atoms with E-state index in [1.54, 1.807) is 13.0 Å². The first kappa shape index (κ1) is 24.0. The van der Waals surface area contributed by atoms with Gasteiger partial charge in [0, 0.05) is 5.69 Å². The summed E-state index contributed by atoms with van der Waals surface area (Å²) in [7, 11) is 0. The lowest BCUT2D eigenvalue weighted by Gasteiger charge is -2.08. The van der Waals surface area contributed by atoms with Gasteiger partial charge >= 0.3 is 5.97 Å². The minimum Gasteiger partial charge on any atom is -0.462 e. The van der Waals surface area contributed by atoms with E-state index >= 15 is 0 Å². The Hall–Kier alpha value is -4.71. The van der Waals surface area contributed by atoms with Crippen molar-refractivity contribution in [1.82, 2.24) is 14.8 Å². The lowest BCUT2D eigenvalue weighted by Crippen LogP contribution is -2.07. The van der Waals surface area contributed by atoms with Gasteiger partial charge in [-0.25, -0.2) is 9.78 Å². The number of fused-ring (bicyclic) bond motifs is 1. The van der Waals surface area contributed by atoms with E-state index in [1.165, 1.54) is 0 Å². The van der Waals surface area contributed by atoms with Gasteiger partial charge in [0.1, 0.15) is 11.5 Å². The molecule has 0 amide bonds. The summed E-state index contributed by atoms with van der Waals surface area (Å²) in [5.74, 6) is 1.17. The number of rotatable bonds is 8. The van der Waals surface area contributed by atoms with Gasteiger partial charge < -0.3 is 9.47 Å². The predicted molar refractivity (Wildman–Crippen MR) is 146 cm³/mol. The molecule has 0 spiro atoms. The maximum absolute atomic E-state index is 12.9. The summed E-state index contributed by atoms with van der Waals surface area (Å²) in [4.78, 5) is 17.6. The summed E-state index contributed by atoms with van der Waals surface area (Å²) in [5, 5.41) is 5.46. The van der Waals surface area contributed by atoms with E-state index in [4.69, 9.17) is 19.6 Å². The van der Waals surface area contributed by atoms with Gasteiger partial charge in [-0.15, -0.1) is 0 Å². The van der Waals surface area contributed by atoms with Crippen LogP contribution >= 0.6 is 0 Å². The first-order valence-corrected chi connectivity index (χ1v) is 12.2. The van der Waals surface area contributed by atoms with Crippen molar-refractivity contribution in [1.29, 1.82) is 0 Å². The van der Waals surface area contributed by atoms with Gasteiger partial charge in [-0.2, -0.15) is 5.10 Å². The molecule has 0 fully saturated rings. The van der Waals surface area contributed by atoms with Crippen molar-refractivity contribution in [3.05, 3.63) is 119 Å². The second-order valence-corrected chi connectivity index (χ2v) is 8.56. The highest BCUT2D eigenvalue weighted by Crippen LogP contribution is 2.26. The minimum absolute atomic E-state index is 0.294. The number of benzene rings is 3. The third-order valence-corrected chi connectivity index (χ3v) is 5.96. The topological polar surface area (TPSA) is 66.2 Å². The van der Waals surface area contributed by atoms with Crippen LogP contribution in [0.2, 0.25) is 0 Å². The van der Waals surface area contributed by atoms with Crippen molar-refractivity contribution in [3.63, 3.8) is 0 Å². The van der Waals surface area contributed by atoms with E-state index in [-0.39, 0.29) is 5.97 Å². The Morgan fingerprint density at radius 1 is 0.892 bits per heavy atom. The van der Waals surface area contributed by atoms with Crippen LogP contribution in [0.1, 0.15) is 39.8 Å². The highest BCUT2D eigenvalue weighted by Gasteiger charge is 2.20. The van der Waals surface area contributed by atoms with Gasteiger partial charge in [0.25, 0.3) is 0 Å². The van der Waals surface area contributed by atoms with Gasteiger partial charge in [0.05, 0.1) is 29.8 Å². The summed E-state index contributed by atoms with van der Waals surface area (Å²) < 4.78 is 13.1. The summed E-state index contributed by atoms with van der Waals surface area (Å²) >= 11 is 0. The molecule has 2 aromatic heterocycles. The monoisotopic (exact) mass is 489 g/mol. The molecule has 0 atom stereocenters. The largest absolute Gasteiger partial charge is 0.462 e.